The summed E-state index contributed by atoms with van der Waals surface area (Å²) in [7, 11) is 1.93. The molecule has 0 spiro atoms. The molecule has 7 heteroatoms. The van der Waals surface area contributed by atoms with Crippen LogP contribution in [-0.2, 0) is 13.6 Å². The number of benzene rings is 2. The highest BCUT2D eigenvalue weighted by Gasteiger charge is 2.12. The molecule has 0 aliphatic rings. The maximum atomic E-state index is 10.6. The van der Waals surface area contributed by atoms with Crippen LogP contribution in [0.2, 0.25) is 0 Å². The highest BCUT2D eigenvalue weighted by Crippen LogP contribution is 2.14. The van der Waals surface area contributed by atoms with E-state index in [1.807, 2.05) is 67.9 Å². The maximum Gasteiger partial charge on any atom is 0.192 e. The standard InChI is InChI=1S/C23H30N6O/c1-16-9-8-12-20(13-16)21(30)14-24-23(25-15-22-28-27-18(3)29(22)4)26-17(2)19-10-6-5-7-11-19/h5-13,17,21,30H,14-15H2,1-4H3,(H2,24,25,26). The average molecular weight is 407 g/mol. The van der Waals surface area contributed by atoms with Gasteiger partial charge in [0.1, 0.15) is 12.4 Å². The largest absolute Gasteiger partial charge is 0.387 e. The SMILES string of the molecule is Cc1cccc(C(O)CNC(=NCc2nnc(C)n2C)NC(C)c2ccccc2)c1. The molecule has 1 aromatic heterocycles. The van der Waals surface area contributed by atoms with E-state index in [0.29, 0.717) is 19.0 Å². The van der Waals surface area contributed by atoms with Crippen molar-refractivity contribution < 1.29 is 5.11 Å². The molecule has 0 saturated heterocycles. The van der Waals surface area contributed by atoms with Gasteiger partial charge in [-0.05, 0) is 31.9 Å². The number of aliphatic hydroxyl groups excluding tert-OH is 1. The van der Waals surface area contributed by atoms with Crippen molar-refractivity contribution in [3.05, 3.63) is 82.9 Å². The fraction of sp³-hybridized carbons (Fsp3) is 0.348. The van der Waals surface area contributed by atoms with Crippen molar-refractivity contribution in [2.24, 2.45) is 12.0 Å². The van der Waals surface area contributed by atoms with Crippen molar-refractivity contribution in [1.29, 1.82) is 0 Å². The van der Waals surface area contributed by atoms with Crippen molar-refractivity contribution in [3.63, 3.8) is 0 Å². The Balaban J connectivity index is 1.72. The number of aryl methyl sites for hydroxylation is 2. The third-order valence-corrected chi connectivity index (χ3v) is 5.10. The van der Waals surface area contributed by atoms with Gasteiger partial charge in [-0.3, -0.25) is 0 Å². The molecule has 3 aromatic rings. The van der Waals surface area contributed by atoms with E-state index in [-0.39, 0.29) is 6.04 Å². The predicted octanol–water partition coefficient (Wildman–Crippen LogP) is 2.96. The molecule has 2 unspecified atom stereocenters. The number of guanidine groups is 1. The molecule has 3 rings (SSSR count). The van der Waals surface area contributed by atoms with Gasteiger partial charge in [-0.25, -0.2) is 4.99 Å². The Kier molecular flexibility index (Phi) is 7.19. The lowest BCUT2D eigenvalue weighted by Crippen LogP contribution is -2.40. The first-order valence-electron chi connectivity index (χ1n) is 10.1. The predicted molar refractivity (Wildman–Crippen MR) is 119 cm³/mol. The summed E-state index contributed by atoms with van der Waals surface area (Å²) in [4.78, 5) is 4.68. The third-order valence-electron chi connectivity index (χ3n) is 5.10. The summed E-state index contributed by atoms with van der Waals surface area (Å²) in [6.07, 6.45) is -0.638. The number of aromatic nitrogens is 3. The molecule has 0 aliphatic heterocycles. The van der Waals surface area contributed by atoms with Gasteiger partial charge in [0.05, 0.1) is 12.1 Å². The molecule has 158 valence electrons. The highest BCUT2D eigenvalue weighted by molar-refractivity contribution is 5.80. The molecule has 0 aliphatic carbocycles. The fourth-order valence-electron chi connectivity index (χ4n) is 3.11. The van der Waals surface area contributed by atoms with E-state index >= 15 is 0 Å². The summed E-state index contributed by atoms with van der Waals surface area (Å²) < 4.78 is 1.92. The maximum absolute atomic E-state index is 10.6. The Bertz CT molecular complexity index is 982. The van der Waals surface area contributed by atoms with Gasteiger partial charge in [-0.15, -0.1) is 10.2 Å². The molecule has 3 N–H and O–H groups in total. The van der Waals surface area contributed by atoms with Crippen LogP contribution in [0.15, 0.2) is 59.6 Å². The Morgan fingerprint density at radius 2 is 1.80 bits per heavy atom. The minimum Gasteiger partial charge on any atom is -0.387 e. The molecule has 2 atom stereocenters. The number of hydrogen-bond donors (Lipinski definition) is 3. The van der Waals surface area contributed by atoms with Crippen LogP contribution >= 0.6 is 0 Å². The van der Waals surface area contributed by atoms with E-state index in [2.05, 4.69) is 44.9 Å². The van der Waals surface area contributed by atoms with Crippen molar-refractivity contribution in [2.45, 2.75) is 39.5 Å². The topological polar surface area (TPSA) is 87.4 Å². The van der Waals surface area contributed by atoms with Gasteiger partial charge in [0.2, 0.25) is 0 Å². The Morgan fingerprint density at radius 1 is 1.07 bits per heavy atom. The van der Waals surface area contributed by atoms with Crippen LogP contribution in [0.5, 0.6) is 0 Å². The first kappa shape index (κ1) is 21.5. The molecule has 0 fully saturated rings. The molecule has 2 aromatic carbocycles. The Labute approximate surface area is 177 Å². The first-order chi connectivity index (χ1) is 14.4. The molecule has 0 bridgehead atoms. The van der Waals surface area contributed by atoms with Gasteiger partial charge in [-0.1, -0.05) is 60.2 Å². The second-order valence-electron chi connectivity index (χ2n) is 7.47. The van der Waals surface area contributed by atoms with E-state index in [4.69, 9.17) is 0 Å². The number of nitrogens with one attached hydrogen (secondary N) is 2. The van der Waals surface area contributed by atoms with Crippen LogP contribution in [0.1, 0.15) is 47.4 Å². The Hall–Kier alpha value is -3.19. The third kappa shape index (κ3) is 5.67. The van der Waals surface area contributed by atoms with Gasteiger partial charge in [0.15, 0.2) is 11.8 Å². The van der Waals surface area contributed by atoms with Gasteiger partial charge >= 0.3 is 0 Å². The number of aliphatic imine (C=N–C) groups is 1. The summed E-state index contributed by atoms with van der Waals surface area (Å²) >= 11 is 0. The summed E-state index contributed by atoms with van der Waals surface area (Å²) in [5.74, 6) is 2.23. The van der Waals surface area contributed by atoms with Crippen LogP contribution in [0.25, 0.3) is 0 Å². The summed E-state index contributed by atoms with van der Waals surface area (Å²) in [6.45, 7) is 6.73. The molecule has 0 saturated carbocycles. The summed E-state index contributed by atoms with van der Waals surface area (Å²) in [5, 5.41) is 25.6. The smallest absolute Gasteiger partial charge is 0.192 e. The lowest BCUT2D eigenvalue weighted by atomic mass is 10.1. The van der Waals surface area contributed by atoms with E-state index < -0.39 is 6.10 Å². The van der Waals surface area contributed by atoms with Crippen LogP contribution in [0, 0.1) is 13.8 Å². The number of hydrogen-bond acceptors (Lipinski definition) is 4. The van der Waals surface area contributed by atoms with Crippen molar-refractivity contribution in [1.82, 2.24) is 25.4 Å². The Morgan fingerprint density at radius 3 is 2.47 bits per heavy atom. The lowest BCUT2D eigenvalue weighted by molar-refractivity contribution is 0.180. The number of nitrogens with zero attached hydrogens (tertiary/aromatic N) is 4. The zero-order valence-corrected chi connectivity index (χ0v) is 18.0. The van der Waals surface area contributed by atoms with Gasteiger partial charge in [0, 0.05) is 13.6 Å². The minimum atomic E-state index is -0.638. The van der Waals surface area contributed by atoms with E-state index in [1.165, 1.54) is 0 Å². The summed E-state index contributed by atoms with van der Waals surface area (Å²) in [6, 6.07) is 18.1. The molecule has 1 heterocycles. The highest BCUT2D eigenvalue weighted by atomic mass is 16.3. The van der Waals surface area contributed by atoms with Crippen molar-refractivity contribution >= 4 is 5.96 Å². The lowest BCUT2D eigenvalue weighted by Gasteiger charge is -2.20. The van der Waals surface area contributed by atoms with Crippen LogP contribution in [0.3, 0.4) is 0 Å². The van der Waals surface area contributed by atoms with E-state index in [9.17, 15) is 5.11 Å². The number of rotatable bonds is 7. The van der Waals surface area contributed by atoms with Crippen LogP contribution < -0.4 is 10.6 Å². The quantitative estimate of drug-likeness (QED) is 0.415. The van der Waals surface area contributed by atoms with E-state index in [1.54, 1.807) is 0 Å². The molecule has 7 nitrogen and oxygen atoms in total. The average Bonchev–Trinajstić information content (AvgIpc) is 3.08. The van der Waals surface area contributed by atoms with Crippen molar-refractivity contribution in [2.75, 3.05) is 6.54 Å². The molecular formula is C23H30N6O. The molecular weight excluding hydrogens is 376 g/mol. The van der Waals surface area contributed by atoms with Gasteiger partial charge in [0.25, 0.3) is 0 Å². The zero-order valence-electron chi connectivity index (χ0n) is 18.0. The van der Waals surface area contributed by atoms with E-state index in [0.717, 1.165) is 28.3 Å². The second-order valence-corrected chi connectivity index (χ2v) is 7.47. The molecule has 0 amide bonds. The summed E-state index contributed by atoms with van der Waals surface area (Å²) in [5.41, 5.74) is 3.15. The van der Waals surface area contributed by atoms with Crippen LogP contribution in [0.4, 0.5) is 0 Å². The minimum absolute atomic E-state index is 0.0507. The van der Waals surface area contributed by atoms with Crippen LogP contribution in [-0.4, -0.2) is 32.4 Å². The number of aliphatic hydroxyl groups is 1. The monoisotopic (exact) mass is 406 g/mol. The van der Waals surface area contributed by atoms with Gasteiger partial charge in [-0.2, -0.15) is 0 Å². The molecule has 30 heavy (non-hydrogen) atoms. The fourth-order valence-corrected chi connectivity index (χ4v) is 3.11. The van der Waals surface area contributed by atoms with Gasteiger partial charge < -0.3 is 20.3 Å². The second kappa shape index (κ2) is 10.0. The zero-order chi connectivity index (χ0) is 21.5. The van der Waals surface area contributed by atoms with Crippen molar-refractivity contribution in [3.8, 4) is 0 Å². The molecule has 0 radical (unpaired) electrons. The first-order valence-corrected chi connectivity index (χ1v) is 10.1. The normalized spacial score (nSPS) is 13.7.